The maximum absolute atomic E-state index is 12.2. The highest BCUT2D eigenvalue weighted by molar-refractivity contribution is 7.80. The zero-order chi connectivity index (χ0) is 18.5. The van der Waals surface area contributed by atoms with Crippen LogP contribution in [-0.2, 0) is 16.1 Å². The maximum Gasteiger partial charge on any atom is 0.337 e. The van der Waals surface area contributed by atoms with Crippen molar-refractivity contribution < 1.29 is 14.3 Å². The van der Waals surface area contributed by atoms with Gasteiger partial charge in [0, 0.05) is 5.70 Å². The summed E-state index contributed by atoms with van der Waals surface area (Å²) in [5.41, 5.74) is 3.15. The van der Waals surface area contributed by atoms with E-state index >= 15 is 0 Å². The number of hydrogen-bond acceptors (Lipinski definition) is 4. The third-order valence-corrected chi connectivity index (χ3v) is 4.33. The predicted octanol–water partition coefficient (Wildman–Crippen LogP) is 3.23. The first-order valence-electron chi connectivity index (χ1n) is 8.22. The molecule has 1 heterocycles. The predicted molar refractivity (Wildman–Crippen MR) is 104 cm³/mol. The van der Waals surface area contributed by atoms with Crippen LogP contribution in [0.3, 0.4) is 0 Å². The summed E-state index contributed by atoms with van der Waals surface area (Å²) in [6, 6.07) is 17.2. The molecule has 5 nitrogen and oxygen atoms in total. The molecule has 1 atom stereocenters. The first kappa shape index (κ1) is 17.9. The Hall–Kier alpha value is -2.86. The highest BCUT2D eigenvalue weighted by Crippen LogP contribution is 2.29. The number of hydrogen-bond donors (Lipinski definition) is 2. The molecule has 6 heteroatoms. The molecule has 0 saturated carbocycles. The van der Waals surface area contributed by atoms with Gasteiger partial charge in [0.1, 0.15) is 12.4 Å². The summed E-state index contributed by atoms with van der Waals surface area (Å²) in [7, 11) is 1.37. The van der Waals surface area contributed by atoms with Crippen LogP contribution >= 0.6 is 12.2 Å². The lowest BCUT2D eigenvalue weighted by atomic mass is 9.95. The van der Waals surface area contributed by atoms with Crippen LogP contribution < -0.4 is 15.4 Å². The van der Waals surface area contributed by atoms with Gasteiger partial charge >= 0.3 is 5.97 Å². The number of carbonyl (C=O) groups is 1. The van der Waals surface area contributed by atoms with Gasteiger partial charge in [-0.05, 0) is 42.4 Å². The Kier molecular flexibility index (Phi) is 5.53. The number of rotatable bonds is 5. The molecule has 1 aliphatic heterocycles. The van der Waals surface area contributed by atoms with E-state index in [2.05, 4.69) is 10.6 Å². The van der Waals surface area contributed by atoms with E-state index in [1.807, 2.05) is 61.5 Å². The normalized spacial score (nSPS) is 16.5. The number of allylic oxidation sites excluding steroid dienone is 1. The fourth-order valence-corrected chi connectivity index (χ4v) is 3.12. The second kappa shape index (κ2) is 8.01. The molecular weight excluding hydrogens is 348 g/mol. The smallest absolute Gasteiger partial charge is 0.337 e. The minimum absolute atomic E-state index is 0.392. The number of nitrogens with one attached hydrogen (secondary N) is 2. The Morgan fingerprint density at radius 2 is 1.92 bits per heavy atom. The van der Waals surface area contributed by atoms with Crippen molar-refractivity contribution in [2.75, 3.05) is 7.11 Å². The van der Waals surface area contributed by atoms with Crippen LogP contribution in [0.4, 0.5) is 0 Å². The summed E-state index contributed by atoms with van der Waals surface area (Å²) < 4.78 is 10.8. The van der Waals surface area contributed by atoms with Crippen molar-refractivity contribution in [2.45, 2.75) is 19.6 Å². The Labute approximate surface area is 158 Å². The molecule has 2 aromatic rings. The van der Waals surface area contributed by atoms with Crippen molar-refractivity contribution in [2.24, 2.45) is 0 Å². The summed E-state index contributed by atoms with van der Waals surface area (Å²) in [5, 5.41) is 6.58. The number of methoxy groups -OCH3 is 1. The maximum atomic E-state index is 12.2. The molecule has 0 saturated heterocycles. The minimum atomic E-state index is -0.398. The summed E-state index contributed by atoms with van der Waals surface area (Å²) >= 11 is 5.24. The van der Waals surface area contributed by atoms with Crippen LogP contribution in [-0.4, -0.2) is 18.2 Å². The quantitative estimate of drug-likeness (QED) is 0.624. The molecule has 3 rings (SSSR count). The molecule has 1 aliphatic rings. The van der Waals surface area contributed by atoms with E-state index in [-0.39, 0.29) is 0 Å². The second-order valence-corrected chi connectivity index (χ2v) is 6.32. The molecule has 0 aliphatic carbocycles. The Morgan fingerprint density at radius 1 is 1.15 bits per heavy atom. The first-order valence-corrected chi connectivity index (χ1v) is 8.62. The molecule has 0 fully saturated rings. The summed E-state index contributed by atoms with van der Waals surface area (Å²) in [6.45, 7) is 2.28. The Bertz CT molecular complexity index is 849. The topological polar surface area (TPSA) is 59.6 Å². The average molecular weight is 368 g/mol. The van der Waals surface area contributed by atoms with Gasteiger partial charge in [-0.25, -0.2) is 4.79 Å². The lowest BCUT2D eigenvalue weighted by molar-refractivity contribution is -0.136. The lowest BCUT2D eigenvalue weighted by Crippen LogP contribution is -2.45. The summed E-state index contributed by atoms with van der Waals surface area (Å²) in [6.07, 6.45) is 0. The molecule has 0 bridgehead atoms. The highest BCUT2D eigenvalue weighted by atomic mass is 32.1. The number of carbonyl (C=O) groups excluding carboxylic acids is 1. The van der Waals surface area contributed by atoms with Crippen LogP contribution in [0.1, 0.15) is 24.1 Å². The molecule has 26 heavy (non-hydrogen) atoms. The van der Waals surface area contributed by atoms with Gasteiger partial charge in [0.2, 0.25) is 0 Å². The van der Waals surface area contributed by atoms with Gasteiger partial charge in [0.25, 0.3) is 0 Å². The molecule has 2 N–H and O–H groups in total. The van der Waals surface area contributed by atoms with E-state index in [1.54, 1.807) is 0 Å². The molecule has 0 spiro atoms. The van der Waals surface area contributed by atoms with Gasteiger partial charge < -0.3 is 20.1 Å². The Balaban J connectivity index is 1.85. The van der Waals surface area contributed by atoms with Crippen molar-refractivity contribution in [1.82, 2.24) is 10.6 Å². The van der Waals surface area contributed by atoms with Crippen LogP contribution in [0.15, 0.2) is 65.9 Å². The molecule has 0 radical (unpaired) electrons. The zero-order valence-electron chi connectivity index (χ0n) is 14.6. The molecule has 0 aromatic heterocycles. The van der Waals surface area contributed by atoms with E-state index in [0.29, 0.717) is 23.0 Å². The van der Waals surface area contributed by atoms with Crippen molar-refractivity contribution >= 4 is 23.3 Å². The van der Waals surface area contributed by atoms with E-state index in [9.17, 15) is 4.79 Å². The minimum Gasteiger partial charge on any atom is -0.489 e. The molecular formula is C20H20N2O3S. The number of ether oxygens (including phenoxy) is 2. The number of thiocarbonyl (C=S) groups is 1. The lowest BCUT2D eigenvalue weighted by Gasteiger charge is -2.29. The van der Waals surface area contributed by atoms with Gasteiger partial charge in [-0.2, -0.15) is 0 Å². The van der Waals surface area contributed by atoms with Gasteiger partial charge in [0.05, 0.1) is 18.7 Å². The van der Waals surface area contributed by atoms with Crippen molar-refractivity contribution in [3.05, 3.63) is 77.0 Å². The number of benzene rings is 2. The van der Waals surface area contributed by atoms with E-state index < -0.39 is 12.0 Å². The summed E-state index contributed by atoms with van der Waals surface area (Å²) in [5.74, 6) is 0.324. The Morgan fingerprint density at radius 3 is 2.65 bits per heavy atom. The van der Waals surface area contributed by atoms with E-state index in [1.165, 1.54) is 7.11 Å². The average Bonchev–Trinajstić information content (AvgIpc) is 2.66. The molecule has 134 valence electrons. The fourth-order valence-electron chi connectivity index (χ4n) is 2.85. The van der Waals surface area contributed by atoms with Gasteiger partial charge in [-0.15, -0.1) is 0 Å². The second-order valence-electron chi connectivity index (χ2n) is 5.91. The largest absolute Gasteiger partial charge is 0.489 e. The monoisotopic (exact) mass is 368 g/mol. The molecule has 0 amide bonds. The third kappa shape index (κ3) is 4.03. The standard InChI is InChI=1S/C20H20N2O3S/c1-13-17(19(23)24-2)18(22-20(26)21-13)15-9-6-10-16(11-15)25-12-14-7-4-3-5-8-14/h3-11,18H,12H2,1-2H3,(H2,21,22,26)/t18-/m1/s1. The summed E-state index contributed by atoms with van der Waals surface area (Å²) in [4.78, 5) is 12.2. The van der Waals surface area contributed by atoms with E-state index in [4.69, 9.17) is 21.7 Å². The van der Waals surface area contributed by atoms with Crippen molar-refractivity contribution in [3.8, 4) is 5.75 Å². The van der Waals surface area contributed by atoms with Crippen molar-refractivity contribution in [1.29, 1.82) is 0 Å². The first-order chi connectivity index (χ1) is 12.6. The van der Waals surface area contributed by atoms with Crippen LogP contribution in [0, 0.1) is 0 Å². The SMILES string of the molecule is COC(=O)C1=C(C)NC(=S)N[C@@H]1c1cccc(OCc2ccccc2)c1. The zero-order valence-corrected chi connectivity index (χ0v) is 15.4. The third-order valence-electron chi connectivity index (χ3n) is 4.11. The van der Waals surface area contributed by atoms with Crippen LogP contribution in [0.5, 0.6) is 5.75 Å². The molecule has 2 aromatic carbocycles. The van der Waals surface area contributed by atoms with Crippen LogP contribution in [0.25, 0.3) is 0 Å². The van der Waals surface area contributed by atoms with Crippen molar-refractivity contribution in [3.63, 3.8) is 0 Å². The van der Waals surface area contributed by atoms with Gasteiger partial charge in [0.15, 0.2) is 5.11 Å². The highest BCUT2D eigenvalue weighted by Gasteiger charge is 2.30. The van der Waals surface area contributed by atoms with Crippen LogP contribution in [0.2, 0.25) is 0 Å². The fraction of sp³-hybridized carbons (Fsp3) is 0.200. The van der Waals surface area contributed by atoms with Gasteiger partial charge in [-0.1, -0.05) is 42.5 Å². The van der Waals surface area contributed by atoms with E-state index in [0.717, 1.165) is 16.9 Å². The molecule has 0 unspecified atom stereocenters. The van der Waals surface area contributed by atoms with Gasteiger partial charge in [-0.3, -0.25) is 0 Å². The number of esters is 1.